The van der Waals surface area contributed by atoms with Crippen molar-refractivity contribution < 1.29 is 14.7 Å². The van der Waals surface area contributed by atoms with Crippen LogP contribution in [-0.4, -0.2) is 41.4 Å². The van der Waals surface area contributed by atoms with Crippen molar-refractivity contribution in [2.45, 2.75) is 38.1 Å². The van der Waals surface area contributed by atoms with Gasteiger partial charge in [-0.15, -0.1) is 0 Å². The van der Waals surface area contributed by atoms with Crippen LogP contribution >= 0.6 is 0 Å². The molecule has 0 unspecified atom stereocenters. The van der Waals surface area contributed by atoms with Gasteiger partial charge in [-0.1, -0.05) is 12.8 Å². The molecule has 2 aliphatic rings. The minimum Gasteiger partial charge on any atom is -0.387 e. The Kier molecular flexibility index (Phi) is 2.78. The highest BCUT2D eigenvalue weighted by Crippen LogP contribution is 2.47. The van der Waals surface area contributed by atoms with Crippen LogP contribution in [0.4, 0.5) is 0 Å². The molecule has 1 saturated carbocycles. The van der Waals surface area contributed by atoms with E-state index in [4.69, 9.17) is 5.11 Å². The van der Waals surface area contributed by atoms with Gasteiger partial charge in [0.15, 0.2) is 0 Å². The number of nitrogens with zero attached hydrogens (tertiary/aromatic N) is 1. The van der Waals surface area contributed by atoms with E-state index in [2.05, 4.69) is 0 Å². The summed E-state index contributed by atoms with van der Waals surface area (Å²) in [6.45, 7) is 0.177. The van der Waals surface area contributed by atoms with Crippen LogP contribution in [0, 0.1) is 5.41 Å². The topological polar surface area (TPSA) is 57.6 Å². The standard InChI is InChI=1S/C11H17NO3/c13-6-9-5-11(3-1-2-4-11)8-12(9)10(15)7-14/h6,9,14H,1-5,7-8H2/t9-/m0/s1. The van der Waals surface area contributed by atoms with Gasteiger partial charge >= 0.3 is 0 Å². The molecule has 2 fully saturated rings. The highest BCUT2D eigenvalue weighted by atomic mass is 16.3. The summed E-state index contributed by atoms with van der Waals surface area (Å²) in [5.41, 5.74) is 0.177. The smallest absolute Gasteiger partial charge is 0.248 e. The predicted molar refractivity (Wildman–Crippen MR) is 54.2 cm³/mol. The lowest BCUT2D eigenvalue weighted by molar-refractivity contribution is -0.137. The third kappa shape index (κ3) is 1.78. The first-order valence-corrected chi connectivity index (χ1v) is 5.56. The van der Waals surface area contributed by atoms with Gasteiger partial charge in [0, 0.05) is 6.54 Å². The Bertz CT molecular complexity index is 271. The van der Waals surface area contributed by atoms with Crippen molar-refractivity contribution in [3.05, 3.63) is 0 Å². The molecule has 4 heteroatoms. The Labute approximate surface area is 89.3 Å². The van der Waals surface area contributed by atoms with Crippen molar-refractivity contribution in [1.82, 2.24) is 4.90 Å². The van der Waals surface area contributed by atoms with Crippen molar-refractivity contribution in [1.29, 1.82) is 0 Å². The number of likely N-dealkylation sites (tertiary alicyclic amines) is 1. The highest BCUT2D eigenvalue weighted by molar-refractivity contribution is 5.81. The molecule has 15 heavy (non-hydrogen) atoms. The van der Waals surface area contributed by atoms with Crippen molar-refractivity contribution >= 4 is 12.2 Å². The fourth-order valence-electron chi connectivity index (χ4n) is 3.07. The number of carbonyl (C=O) groups excluding carboxylic acids is 2. The monoisotopic (exact) mass is 211 g/mol. The fourth-order valence-corrected chi connectivity index (χ4v) is 3.07. The summed E-state index contributed by atoms with van der Waals surface area (Å²) in [7, 11) is 0. The lowest BCUT2D eigenvalue weighted by atomic mass is 9.84. The molecule has 1 saturated heterocycles. The number of aliphatic hydroxyl groups is 1. The third-order valence-corrected chi connectivity index (χ3v) is 3.83. The second kappa shape index (κ2) is 3.93. The summed E-state index contributed by atoms with van der Waals surface area (Å²) in [5.74, 6) is -0.309. The molecule has 1 aliphatic heterocycles. The van der Waals surface area contributed by atoms with Crippen molar-refractivity contribution in [2.24, 2.45) is 5.41 Å². The lowest BCUT2D eigenvalue weighted by Crippen LogP contribution is -2.38. The Morgan fingerprint density at radius 2 is 2.13 bits per heavy atom. The number of rotatable bonds is 2. The number of aldehydes is 1. The molecule has 0 aromatic carbocycles. The third-order valence-electron chi connectivity index (χ3n) is 3.83. The van der Waals surface area contributed by atoms with E-state index in [1.165, 1.54) is 12.8 Å². The SMILES string of the molecule is O=C[C@@H]1CC2(CCCC2)CN1C(=O)CO. The van der Waals surface area contributed by atoms with E-state index >= 15 is 0 Å². The van der Waals surface area contributed by atoms with Crippen LogP contribution in [0.5, 0.6) is 0 Å². The molecular formula is C11H17NO3. The lowest BCUT2D eigenvalue weighted by Gasteiger charge is -2.23. The van der Waals surface area contributed by atoms with E-state index < -0.39 is 6.61 Å². The molecule has 1 aliphatic carbocycles. The molecular weight excluding hydrogens is 194 g/mol. The van der Waals surface area contributed by atoms with E-state index in [-0.39, 0.29) is 17.4 Å². The first-order valence-electron chi connectivity index (χ1n) is 5.56. The molecule has 1 atom stereocenters. The predicted octanol–water partition coefficient (Wildman–Crippen LogP) is 0.339. The van der Waals surface area contributed by atoms with E-state index in [0.29, 0.717) is 6.54 Å². The molecule has 1 amide bonds. The minimum absolute atomic E-state index is 0.177. The molecule has 4 nitrogen and oxygen atoms in total. The average Bonchev–Trinajstić information content (AvgIpc) is 2.85. The molecule has 2 rings (SSSR count). The van der Waals surface area contributed by atoms with Gasteiger partial charge in [0.25, 0.3) is 0 Å². The van der Waals surface area contributed by atoms with Gasteiger partial charge in [0.1, 0.15) is 12.9 Å². The molecule has 1 heterocycles. The van der Waals surface area contributed by atoms with Gasteiger partial charge in [0.05, 0.1) is 6.04 Å². The average molecular weight is 211 g/mol. The number of aliphatic hydroxyl groups excluding tert-OH is 1. The molecule has 84 valence electrons. The normalized spacial score (nSPS) is 28.6. The quantitative estimate of drug-likeness (QED) is 0.670. The van der Waals surface area contributed by atoms with Crippen LogP contribution in [0.15, 0.2) is 0 Å². The van der Waals surface area contributed by atoms with Crippen molar-refractivity contribution in [3.63, 3.8) is 0 Å². The molecule has 0 bridgehead atoms. The van der Waals surface area contributed by atoms with E-state index in [0.717, 1.165) is 25.5 Å². The maximum absolute atomic E-state index is 11.4. The first-order chi connectivity index (χ1) is 7.21. The molecule has 0 radical (unpaired) electrons. The summed E-state index contributed by atoms with van der Waals surface area (Å²) < 4.78 is 0. The number of hydrogen-bond donors (Lipinski definition) is 1. The Morgan fingerprint density at radius 1 is 1.47 bits per heavy atom. The zero-order chi connectivity index (χ0) is 10.9. The van der Waals surface area contributed by atoms with E-state index in [1.807, 2.05) is 0 Å². The van der Waals surface area contributed by atoms with Crippen LogP contribution in [0.2, 0.25) is 0 Å². The van der Waals surface area contributed by atoms with Crippen molar-refractivity contribution in [3.8, 4) is 0 Å². The van der Waals surface area contributed by atoms with E-state index in [9.17, 15) is 9.59 Å². The van der Waals surface area contributed by atoms with Gasteiger partial charge in [0.2, 0.25) is 5.91 Å². The van der Waals surface area contributed by atoms with Crippen LogP contribution in [0.1, 0.15) is 32.1 Å². The van der Waals surface area contributed by atoms with Gasteiger partial charge in [-0.2, -0.15) is 0 Å². The highest BCUT2D eigenvalue weighted by Gasteiger charge is 2.46. The largest absolute Gasteiger partial charge is 0.387 e. The molecule has 1 N–H and O–H groups in total. The zero-order valence-corrected chi connectivity index (χ0v) is 8.82. The Hall–Kier alpha value is -0.900. The second-order valence-corrected chi connectivity index (χ2v) is 4.79. The number of amides is 1. The molecule has 0 aromatic heterocycles. The van der Waals surface area contributed by atoms with Crippen LogP contribution < -0.4 is 0 Å². The minimum atomic E-state index is -0.486. The van der Waals surface area contributed by atoms with E-state index in [1.54, 1.807) is 4.90 Å². The molecule has 0 aromatic rings. The summed E-state index contributed by atoms with van der Waals surface area (Å²) in [6.07, 6.45) is 6.28. The van der Waals surface area contributed by atoms with Crippen LogP contribution in [0.25, 0.3) is 0 Å². The summed E-state index contributed by atoms with van der Waals surface area (Å²) >= 11 is 0. The number of carbonyl (C=O) groups is 2. The summed E-state index contributed by atoms with van der Waals surface area (Å²) in [4.78, 5) is 23.9. The Morgan fingerprint density at radius 3 is 2.67 bits per heavy atom. The maximum Gasteiger partial charge on any atom is 0.248 e. The number of hydrogen-bond acceptors (Lipinski definition) is 3. The zero-order valence-electron chi connectivity index (χ0n) is 8.82. The Balaban J connectivity index is 2.12. The van der Waals surface area contributed by atoms with Crippen LogP contribution in [-0.2, 0) is 9.59 Å². The molecule has 1 spiro atoms. The first kappa shape index (κ1) is 10.6. The van der Waals surface area contributed by atoms with Crippen molar-refractivity contribution in [2.75, 3.05) is 13.2 Å². The maximum atomic E-state index is 11.4. The van der Waals surface area contributed by atoms with Crippen LogP contribution in [0.3, 0.4) is 0 Å². The van der Waals surface area contributed by atoms with Gasteiger partial charge in [-0.3, -0.25) is 4.79 Å². The van der Waals surface area contributed by atoms with Gasteiger partial charge in [-0.25, -0.2) is 0 Å². The van der Waals surface area contributed by atoms with Gasteiger partial charge < -0.3 is 14.8 Å². The fraction of sp³-hybridized carbons (Fsp3) is 0.818. The summed E-state index contributed by atoms with van der Waals surface area (Å²) in [5, 5.41) is 8.83. The summed E-state index contributed by atoms with van der Waals surface area (Å²) in [6, 6.07) is -0.303. The van der Waals surface area contributed by atoms with Gasteiger partial charge in [-0.05, 0) is 24.7 Å². The second-order valence-electron chi connectivity index (χ2n) is 4.79.